The predicted molar refractivity (Wildman–Crippen MR) is 70.2 cm³/mol. The van der Waals surface area contributed by atoms with Gasteiger partial charge in [-0.1, -0.05) is 26.0 Å². The SMILES string of the molecule is COc1ccc(CC(C)(C)C#N)cc1C(C)C. The fourth-order valence-electron chi connectivity index (χ4n) is 1.89. The first-order valence-corrected chi connectivity index (χ1v) is 5.97. The minimum absolute atomic E-state index is 0.317. The van der Waals surface area contributed by atoms with Crippen LogP contribution in [0.25, 0.3) is 0 Å². The summed E-state index contributed by atoms with van der Waals surface area (Å²) in [5.74, 6) is 1.36. The maximum Gasteiger partial charge on any atom is 0.122 e. The number of nitriles is 1. The Balaban J connectivity index is 3.05. The number of hydrogen-bond donors (Lipinski definition) is 0. The van der Waals surface area contributed by atoms with Crippen molar-refractivity contribution in [1.82, 2.24) is 0 Å². The molecule has 0 aliphatic rings. The monoisotopic (exact) mass is 231 g/mol. The molecule has 0 saturated heterocycles. The van der Waals surface area contributed by atoms with Crippen molar-refractivity contribution in [3.05, 3.63) is 29.3 Å². The molecule has 1 aromatic rings. The van der Waals surface area contributed by atoms with Gasteiger partial charge < -0.3 is 4.74 Å². The zero-order chi connectivity index (χ0) is 13.1. The Morgan fingerprint density at radius 2 is 2.00 bits per heavy atom. The Hall–Kier alpha value is -1.49. The molecule has 2 nitrogen and oxygen atoms in total. The Morgan fingerprint density at radius 1 is 1.35 bits per heavy atom. The summed E-state index contributed by atoms with van der Waals surface area (Å²) >= 11 is 0. The van der Waals surface area contributed by atoms with Crippen molar-refractivity contribution in [3.63, 3.8) is 0 Å². The van der Waals surface area contributed by atoms with E-state index in [4.69, 9.17) is 10.00 Å². The van der Waals surface area contributed by atoms with Crippen LogP contribution >= 0.6 is 0 Å². The molecule has 0 aromatic heterocycles. The highest BCUT2D eigenvalue weighted by atomic mass is 16.5. The van der Waals surface area contributed by atoms with Crippen LogP contribution in [-0.2, 0) is 6.42 Å². The summed E-state index contributed by atoms with van der Waals surface area (Å²) in [6.07, 6.45) is 0.771. The molecule has 0 N–H and O–H groups in total. The minimum Gasteiger partial charge on any atom is -0.496 e. The first-order valence-electron chi connectivity index (χ1n) is 5.97. The summed E-state index contributed by atoms with van der Waals surface area (Å²) in [5, 5.41) is 9.06. The molecule has 92 valence electrons. The van der Waals surface area contributed by atoms with E-state index in [1.165, 1.54) is 11.1 Å². The summed E-state index contributed by atoms with van der Waals surface area (Å²) in [6.45, 7) is 8.23. The van der Waals surface area contributed by atoms with Gasteiger partial charge in [0.2, 0.25) is 0 Å². The van der Waals surface area contributed by atoms with Crippen molar-refractivity contribution >= 4 is 0 Å². The normalized spacial score (nSPS) is 11.4. The molecular formula is C15H21NO. The van der Waals surface area contributed by atoms with Crippen LogP contribution in [0.4, 0.5) is 0 Å². The second kappa shape index (κ2) is 5.23. The lowest BCUT2D eigenvalue weighted by atomic mass is 9.86. The van der Waals surface area contributed by atoms with Crippen LogP contribution < -0.4 is 4.74 Å². The van der Waals surface area contributed by atoms with Crippen LogP contribution in [0.1, 0.15) is 44.7 Å². The van der Waals surface area contributed by atoms with E-state index >= 15 is 0 Å². The molecule has 0 heterocycles. The highest BCUT2D eigenvalue weighted by molar-refractivity contribution is 5.39. The quantitative estimate of drug-likeness (QED) is 0.787. The third-order valence-corrected chi connectivity index (χ3v) is 2.86. The molecule has 0 radical (unpaired) electrons. The first-order chi connectivity index (χ1) is 7.89. The van der Waals surface area contributed by atoms with E-state index in [1.807, 2.05) is 26.0 Å². The third-order valence-electron chi connectivity index (χ3n) is 2.86. The van der Waals surface area contributed by atoms with E-state index in [2.05, 4.69) is 26.0 Å². The molecule has 0 spiro atoms. The van der Waals surface area contributed by atoms with Crippen molar-refractivity contribution in [2.24, 2.45) is 5.41 Å². The summed E-state index contributed by atoms with van der Waals surface area (Å²) in [4.78, 5) is 0. The van der Waals surface area contributed by atoms with Crippen LogP contribution in [0.3, 0.4) is 0 Å². The van der Waals surface area contributed by atoms with Gasteiger partial charge in [-0.25, -0.2) is 0 Å². The molecule has 2 heteroatoms. The van der Waals surface area contributed by atoms with Gasteiger partial charge in [-0.3, -0.25) is 0 Å². The van der Waals surface area contributed by atoms with Gasteiger partial charge in [-0.05, 0) is 43.4 Å². The second-order valence-corrected chi connectivity index (χ2v) is 5.40. The lowest BCUT2D eigenvalue weighted by molar-refractivity contribution is 0.407. The number of methoxy groups -OCH3 is 1. The largest absolute Gasteiger partial charge is 0.496 e. The Morgan fingerprint density at radius 3 is 2.47 bits per heavy atom. The molecule has 0 atom stereocenters. The molecule has 0 aliphatic carbocycles. The van der Waals surface area contributed by atoms with Crippen LogP contribution in [0.15, 0.2) is 18.2 Å². The predicted octanol–water partition coefficient (Wildman–Crippen LogP) is 3.91. The first kappa shape index (κ1) is 13.6. The van der Waals surface area contributed by atoms with Gasteiger partial charge in [-0.15, -0.1) is 0 Å². The van der Waals surface area contributed by atoms with Gasteiger partial charge in [-0.2, -0.15) is 5.26 Å². The minimum atomic E-state index is -0.317. The van der Waals surface area contributed by atoms with E-state index in [1.54, 1.807) is 7.11 Å². The number of ether oxygens (including phenoxy) is 1. The highest BCUT2D eigenvalue weighted by Gasteiger charge is 2.18. The number of nitrogens with zero attached hydrogens (tertiary/aromatic N) is 1. The molecule has 0 aliphatic heterocycles. The van der Waals surface area contributed by atoms with Gasteiger partial charge in [0.1, 0.15) is 5.75 Å². The Labute approximate surface area is 104 Å². The standard InChI is InChI=1S/C15H21NO/c1-11(2)13-8-12(6-7-14(13)17-5)9-15(3,4)10-16/h6-8,11H,9H2,1-5H3. The molecular weight excluding hydrogens is 210 g/mol. The smallest absolute Gasteiger partial charge is 0.122 e. The van der Waals surface area contributed by atoms with Crippen molar-refractivity contribution in [3.8, 4) is 11.8 Å². The van der Waals surface area contributed by atoms with Gasteiger partial charge in [0.25, 0.3) is 0 Å². The van der Waals surface area contributed by atoms with Crippen molar-refractivity contribution < 1.29 is 4.74 Å². The summed E-state index contributed by atoms with van der Waals surface area (Å²) in [5.41, 5.74) is 2.09. The number of hydrogen-bond acceptors (Lipinski definition) is 2. The maximum atomic E-state index is 9.06. The number of rotatable bonds is 4. The fourth-order valence-corrected chi connectivity index (χ4v) is 1.89. The molecule has 0 unspecified atom stereocenters. The fraction of sp³-hybridized carbons (Fsp3) is 0.533. The second-order valence-electron chi connectivity index (χ2n) is 5.40. The molecule has 0 saturated carbocycles. The van der Waals surface area contributed by atoms with Crippen molar-refractivity contribution in [2.75, 3.05) is 7.11 Å². The van der Waals surface area contributed by atoms with Crippen LogP contribution in [0.2, 0.25) is 0 Å². The van der Waals surface area contributed by atoms with E-state index in [9.17, 15) is 0 Å². The van der Waals surface area contributed by atoms with Crippen molar-refractivity contribution in [1.29, 1.82) is 5.26 Å². The zero-order valence-electron chi connectivity index (χ0n) is 11.4. The molecule has 17 heavy (non-hydrogen) atoms. The average molecular weight is 231 g/mol. The summed E-state index contributed by atoms with van der Waals surface area (Å²) in [6, 6.07) is 8.53. The maximum absolute atomic E-state index is 9.06. The van der Waals surface area contributed by atoms with E-state index in [0.29, 0.717) is 5.92 Å². The lowest BCUT2D eigenvalue weighted by Crippen LogP contribution is -2.12. The Bertz CT molecular complexity index is 427. The van der Waals surface area contributed by atoms with E-state index in [-0.39, 0.29) is 5.41 Å². The van der Waals surface area contributed by atoms with E-state index < -0.39 is 0 Å². The van der Waals surface area contributed by atoms with Crippen LogP contribution in [0, 0.1) is 16.7 Å². The third kappa shape index (κ3) is 3.49. The summed E-state index contributed by atoms with van der Waals surface area (Å²) < 4.78 is 5.35. The van der Waals surface area contributed by atoms with Crippen LogP contribution in [0.5, 0.6) is 5.75 Å². The summed E-state index contributed by atoms with van der Waals surface area (Å²) in [7, 11) is 1.69. The highest BCUT2D eigenvalue weighted by Crippen LogP contribution is 2.29. The van der Waals surface area contributed by atoms with Crippen molar-refractivity contribution in [2.45, 2.75) is 40.0 Å². The topological polar surface area (TPSA) is 33.0 Å². The number of benzene rings is 1. The average Bonchev–Trinajstić information content (AvgIpc) is 2.28. The van der Waals surface area contributed by atoms with Crippen LogP contribution in [-0.4, -0.2) is 7.11 Å². The molecule has 1 rings (SSSR count). The molecule has 0 bridgehead atoms. The Kier molecular flexibility index (Phi) is 4.17. The molecule has 0 amide bonds. The lowest BCUT2D eigenvalue weighted by Gasteiger charge is -2.18. The van der Waals surface area contributed by atoms with Gasteiger partial charge in [0.05, 0.1) is 18.6 Å². The van der Waals surface area contributed by atoms with Gasteiger partial charge in [0.15, 0.2) is 0 Å². The van der Waals surface area contributed by atoms with E-state index in [0.717, 1.165) is 12.2 Å². The zero-order valence-corrected chi connectivity index (χ0v) is 11.4. The van der Waals surface area contributed by atoms with Gasteiger partial charge in [0, 0.05) is 0 Å². The molecule has 1 aromatic carbocycles. The van der Waals surface area contributed by atoms with Gasteiger partial charge >= 0.3 is 0 Å². The molecule has 0 fully saturated rings.